The lowest BCUT2D eigenvalue weighted by Gasteiger charge is -2.18. The number of fused-ring (bicyclic) bond motifs is 3. The number of hydrogen-bond donors (Lipinski definition) is 0. The van der Waals surface area contributed by atoms with E-state index in [4.69, 9.17) is 4.63 Å². The van der Waals surface area contributed by atoms with Crippen LogP contribution in [0.1, 0.15) is 0 Å². The Morgan fingerprint density at radius 3 is 1.51 bits per heavy atom. The minimum absolute atomic E-state index is 0.728. The van der Waals surface area contributed by atoms with E-state index in [1.54, 1.807) is 0 Å². The van der Waals surface area contributed by atoms with Gasteiger partial charge in [0.05, 0.1) is 0 Å². The van der Waals surface area contributed by atoms with Crippen LogP contribution in [0.4, 0.5) is 0 Å². The SMILES string of the molecule is c1ccc(-c2nonc2-c2ccc3c(-c4ccc(-c5ccc6ccccc6c5)cc4)c4ccccc4c(-c4ccccc4)c3c2)cc1. The van der Waals surface area contributed by atoms with Gasteiger partial charge in [-0.1, -0.05) is 158 Å². The Balaban J connectivity index is 1.27. The fraction of sp³-hybridized carbons (Fsp3) is 0. The minimum Gasteiger partial charge on any atom is -0.243 e. The molecule has 0 aliphatic heterocycles. The van der Waals surface area contributed by atoms with E-state index in [1.165, 1.54) is 60.3 Å². The molecule has 0 aliphatic carbocycles. The molecule has 0 amide bonds. The molecule has 0 fully saturated rings. The van der Waals surface area contributed by atoms with E-state index in [-0.39, 0.29) is 0 Å². The van der Waals surface area contributed by atoms with Gasteiger partial charge in [-0.25, -0.2) is 4.63 Å². The van der Waals surface area contributed by atoms with Gasteiger partial charge in [0.25, 0.3) is 0 Å². The summed E-state index contributed by atoms with van der Waals surface area (Å²) in [5, 5.41) is 16.0. The average Bonchev–Trinajstić information content (AvgIpc) is 3.65. The van der Waals surface area contributed by atoms with Crippen LogP contribution >= 0.6 is 0 Å². The molecule has 0 radical (unpaired) electrons. The monoisotopic (exact) mass is 600 g/mol. The van der Waals surface area contributed by atoms with Gasteiger partial charge in [0, 0.05) is 11.1 Å². The molecule has 0 atom stereocenters. The second-order valence-corrected chi connectivity index (χ2v) is 11.9. The highest BCUT2D eigenvalue weighted by Gasteiger charge is 2.20. The Labute approximate surface area is 272 Å². The summed E-state index contributed by atoms with van der Waals surface area (Å²) in [6.07, 6.45) is 0. The molecule has 0 N–H and O–H groups in total. The van der Waals surface area contributed by atoms with Crippen molar-refractivity contribution in [3.05, 3.63) is 170 Å². The minimum atomic E-state index is 0.728. The van der Waals surface area contributed by atoms with Crippen molar-refractivity contribution in [2.45, 2.75) is 0 Å². The molecule has 47 heavy (non-hydrogen) atoms. The molecule has 0 saturated heterocycles. The van der Waals surface area contributed by atoms with E-state index in [0.29, 0.717) is 0 Å². The number of benzene rings is 8. The molecular weight excluding hydrogens is 572 g/mol. The lowest BCUT2D eigenvalue weighted by molar-refractivity contribution is 0.310. The van der Waals surface area contributed by atoms with Gasteiger partial charge >= 0.3 is 0 Å². The van der Waals surface area contributed by atoms with E-state index < -0.39 is 0 Å². The molecule has 3 heteroatoms. The second-order valence-electron chi connectivity index (χ2n) is 11.9. The third kappa shape index (κ3) is 4.68. The van der Waals surface area contributed by atoms with E-state index in [9.17, 15) is 0 Å². The predicted molar refractivity (Wildman–Crippen MR) is 194 cm³/mol. The molecule has 3 nitrogen and oxygen atoms in total. The third-order valence-electron chi connectivity index (χ3n) is 9.15. The van der Waals surface area contributed by atoms with Crippen LogP contribution in [0, 0.1) is 0 Å². The van der Waals surface area contributed by atoms with Gasteiger partial charge in [-0.15, -0.1) is 0 Å². The summed E-state index contributed by atoms with van der Waals surface area (Å²) < 4.78 is 5.32. The van der Waals surface area contributed by atoms with Crippen molar-refractivity contribution in [3.63, 3.8) is 0 Å². The summed E-state index contributed by atoms with van der Waals surface area (Å²) in [5.41, 5.74) is 10.6. The molecule has 9 aromatic rings. The summed E-state index contributed by atoms with van der Waals surface area (Å²) in [6.45, 7) is 0. The predicted octanol–water partition coefficient (Wildman–Crippen LogP) is 11.9. The van der Waals surface area contributed by atoms with Crippen molar-refractivity contribution in [1.29, 1.82) is 0 Å². The number of nitrogens with zero attached hydrogens (tertiary/aromatic N) is 2. The number of aromatic nitrogens is 2. The lowest BCUT2D eigenvalue weighted by Crippen LogP contribution is -1.92. The quantitative estimate of drug-likeness (QED) is 0.185. The highest BCUT2D eigenvalue weighted by molar-refractivity contribution is 6.22. The average molecular weight is 601 g/mol. The Kier molecular flexibility index (Phi) is 6.46. The molecule has 1 heterocycles. The van der Waals surface area contributed by atoms with Crippen LogP contribution in [0.25, 0.3) is 88.2 Å². The van der Waals surface area contributed by atoms with Gasteiger partial charge in [0.1, 0.15) is 11.4 Å². The van der Waals surface area contributed by atoms with Crippen molar-refractivity contribution < 1.29 is 4.63 Å². The van der Waals surface area contributed by atoms with E-state index >= 15 is 0 Å². The smallest absolute Gasteiger partial charge is 0.143 e. The highest BCUT2D eigenvalue weighted by atomic mass is 16.6. The van der Waals surface area contributed by atoms with E-state index in [2.05, 4.69) is 150 Å². The largest absolute Gasteiger partial charge is 0.243 e. The summed E-state index contributed by atoms with van der Waals surface area (Å²) in [6, 6.07) is 60.3. The van der Waals surface area contributed by atoms with Gasteiger partial charge < -0.3 is 0 Å². The summed E-state index contributed by atoms with van der Waals surface area (Å²) in [7, 11) is 0. The Hall–Kier alpha value is -6.32. The molecule has 0 spiro atoms. The van der Waals surface area contributed by atoms with Gasteiger partial charge in [0.2, 0.25) is 0 Å². The second kappa shape index (κ2) is 11.2. The maximum atomic E-state index is 5.32. The zero-order chi connectivity index (χ0) is 31.2. The zero-order valence-electron chi connectivity index (χ0n) is 25.5. The first-order valence-electron chi connectivity index (χ1n) is 15.8. The number of hydrogen-bond acceptors (Lipinski definition) is 3. The summed E-state index contributed by atoms with van der Waals surface area (Å²) in [4.78, 5) is 0. The van der Waals surface area contributed by atoms with Gasteiger partial charge in [-0.2, -0.15) is 0 Å². The van der Waals surface area contributed by atoms with Crippen molar-refractivity contribution in [2.24, 2.45) is 0 Å². The fourth-order valence-corrected chi connectivity index (χ4v) is 6.91. The zero-order valence-corrected chi connectivity index (χ0v) is 25.5. The molecule has 0 bridgehead atoms. The molecule has 0 aliphatic rings. The van der Waals surface area contributed by atoms with Crippen molar-refractivity contribution in [2.75, 3.05) is 0 Å². The molecule has 9 rings (SSSR count). The van der Waals surface area contributed by atoms with Crippen LogP contribution in [0.2, 0.25) is 0 Å². The van der Waals surface area contributed by atoms with Crippen molar-refractivity contribution in [3.8, 4) is 55.9 Å². The van der Waals surface area contributed by atoms with Crippen LogP contribution < -0.4 is 0 Å². The van der Waals surface area contributed by atoms with Crippen LogP contribution in [0.5, 0.6) is 0 Å². The Bertz CT molecular complexity index is 2550. The van der Waals surface area contributed by atoms with E-state index in [1.807, 2.05) is 30.3 Å². The number of rotatable bonds is 5. The Morgan fingerprint density at radius 1 is 0.298 bits per heavy atom. The topological polar surface area (TPSA) is 38.9 Å². The standard InChI is InChI=1S/C44H28N2O/c1-3-12-31(13-4-1)42-38-18-10-9-17-37(38)41(32-22-19-30(20-23-32)35-24-21-29-11-7-8-16-34(29)27-35)39-26-25-36(28-40(39)42)44-43(45-47-46-44)33-14-5-2-6-15-33/h1-28H. The van der Waals surface area contributed by atoms with Gasteiger partial charge in [-0.3, -0.25) is 0 Å². The van der Waals surface area contributed by atoms with Gasteiger partial charge in [-0.05, 0) is 88.1 Å². The summed E-state index contributed by atoms with van der Waals surface area (Å²) in [5.74, 6) is 0. The molecule has 8 aromatic carbocycles. The van der Waals surface area contributed by atoms with E-state index in [0.717, 1.165) is 27.9 Å². The van der Waals surface area contributed by atoms with Gasteiger partial charge in [0.15, 0.2) is 0 Å². The molecule has 1 aromatic heterocycles. The van der Waals surface area contributed by atoms with Crippen LogP contribution in [-0.4, -0.2) is 10.3 Å². The molecule has 220 valence electrons. The first-order chi connectivity index (χ1) is 23.3. The van der Waals surface area contributed by atoms with Crippen LogP contribution in [0.3, 0.4) is 0 Å². The lowest BCUT2D eigenvalue weighted by atomic mass is 9.84. The van der Waals surface area contributed by atoms with Crippen LogP contribution in [-0.2, 0) is 0 Å². The molecular formula is C44H28N2O. The Morgan fingerprint density at radius 2 is 0.787 bits per heavy atom. The molecule has 0 saturated carbocycles. The van der Waals surface area contributed by atoms with Crippen molar-refractivity contribution >= 4 is 32.3 Å². The van der Waals surface area contributed by atoms with Crippen LogP contribution in [0.15, 0.2) is 174 Å². The molecule has 0 unspecified atom stereocenters. The summed E-state index contributed by atoms with van der Waals surface area (Å²) >= 11 is 0. The van der Waals surface area contributed by atoms with Crippen molar-refractivity contribution in [1.82, 2.24) is 10.3 Å². The highest BCUT2D eigenvalue weighted by Crippen LogP contribution is 2.45. The maximum Gasteiger partial charge on any atom is 0.143 e. The fourth-order valence-electron chi connectivity index (χ4n) is 6.91. The maximum absolute atomic E-state index is 5.32. The first-order valence-corrected chi connectivity index (χ1v) is 15.8. The normalized spacial score (nSPS) is 11.4. The third-order valence-corrected chi connectivity index (χ3v) is 9.15. The first kappa shape index (κ1) is 27.0.